The second kappa shape index (κ2) is 6.28. The number of benzene rings is 1. The lowest BCUT2D eigenvalue weighted by molar-refractivity contribution is 0.399. The molecule has 2 aromatic rings. The molecule has 106 valence electrons. The van der Waals surface area contributed by atoms with Crippen molar-refractivity contribution in [3.8, 4) is 6.07 Å². The summed E-state index contributed by atoms with van der Waals surface area (Å²) in [6.07, 6.45) is 2.25. The molecule has 2 atom stereocenters. The molecule has 20 heavy (non-hydrogen) atoms. The molecule has 0 saturated heterocycles. The van der Waals surface area contributed by atoms with Crippen molar-refractivity contribution in [1.29, 1.82) is 5.26 Å². The van der Waals surface area contributed by atoms with Crippen molar-refractivity contribution in [2.45, 2.75) is 45.5 Å². The molecule has 0 N–H and O–H groups in total. The number of hydrogen-bond acceptors (Lipinski definition) is 2. The Labute approximate surface area is 125 Å². The Balaban J connectivity index is 2.54. The van der Waals surface area contributed by atoms with Crippen molar-refractivity contribution in [2.75, 3.05) is 0 Å². The van der Waals surface area contributed by atoms with Gasteiger partial charge in [-0.3, -0.25) is 0 Å². The van der Waals surface area contributed by atoms with Gasteiger partial charge in [-0.15, -0.1) is 11.6 Å². The maximum absolute atomic E-state index is 9.20. The monoisotopic (exact) mass is 289 g/mol. The van der Waals surface area contributed by atoms with E-state index in [-0.39, 0.29) is 0 Å². The number of halogens is 1. The molecular formula is C16H20ClN3. The lowest BCUT2D eigenvalue weighted by Gasteiger charge is -2.20. The molecule has 2 unspecified atom stereocenters. The lowest BCUT2D eigenvalue weighted by Crippen LogP contribution is -2.11. The molecule has 0 saturated carbocycles. The third-order valence-corrected chi connectivity index (χ3v) is 4.15. The molecule has 1 heterocycles. The van der Waals surface area contributed by atoms with E-state index >= 15 is 0 Å². The zero-order chi connectivity index (χ0) is 14.7. The Hall–Kier alpha value is -1.53. The fraction of sp³-hybridized carbons (Fsp3) is 0.500. The van der Waals surface area contributed by atoms with Gasteiger partial charge in [0.1, 0.15) is 17.4 Å². The van der Waals surface area contributed by atoms with Crippen molar-refractivity contribution in [3.05, 3.63) is 29.6 Å². The molecule has 0 aliphatic carbocycles. The average molecular weight is 290 g/mol. The molecule has 0 fully saturated rings. The smallest absolute Gasteiger partial charge is 0.125 e. The molecule has 3 nitrogen and oxygen atoms in total. The number of imidazole rings is 1. The molecule has 0 aliphatic rings. The predicted molar refractivity (Wildman–Crippen MR) is 82.8 cm³/mol. The van der Waals surface area contributed by atoms with Gasteiger partial charge < -0.3 is 4.57 Å². The van der Waals surface area contributed by atoms with Crippen LogP contribution in [0.2, 0.25) is 0 Å². The number of aromatic nitrogens is 2. The van der Waals surface area contributed by atoms with Crippen LogP contribution in [0.1, 0.15) is 51.0 Å². The quantitative estimate of drug-likeness (QED) is 0.752. The van der Waals surface area contributed by atoms with Crippen LogP contribution in [0.5, 0.6) is 0 Å². The Morgan fingerprint density at radius 2 is 2.15 bits per heavy atom. The third-order valence-electron chi connectivity index (χ3n) is 3.91. The van der Waals surface area contributed by atoms with E-state index < -0.39 is 0 Å². The molecule has 0 amide bonds. The van der Waals surface area contributed by atoms with Crippen molar-refractivity contribution in [2.24, 2.45) is 5.92 Å². The summed E-state index contributed by atoms with van der Waals surface area (Å²) < 4.78 is 2.19. The van der Waals surface area contributed by atoms with Crippen LogP contribution < -0.4 is 0 Å². The first-order chi connectivity index (χ1) is 9.62. The zero-order valence-corrected chi connectivity index (χ0v) is 13.0. The summed E-state index contributed by atoms with van der Waals surface area (Å²) in [5, 5.41) is 9.20. The minimum absolute atomic E-state index is 0.331. The van der Waals surface area contributed by atoms with E-state index in [4.69, 9.17) is 11.6 Å². The number of fused-ring (bicyclic) bond motifs is 1. The Morgan fingerprint density at radius 3 is 2.75 bits per heavy atom. The van der Waals surface area contributed by atoms with E-state index in [1.165, 1.54) is 0 Å². The van der Waals surface area contributed by atoms with Gasteiger partial charge in [0.25, 0.3) is 0 Å². The Kier molecular flexibility index (Phi) is 4.67. The summed E-state index contributed by atoms with van der Waals surface area (Å²) in [7, 11) is 0. The van der Waals surface area contributed by atoms with Gasteiger partial charge in [-0.1, -0.05) is 26.3 Å². The highest BCUT2D eigenvalue weighted by Gasteiger charge is 2.18. The van der Waals surface area contributed by atoms with Crippen LogP contribution in [-0.4, -0.2) is 9.55 Å². The van der Waals surface area contributed by atoms with Crippen LogP contribution >= 0.6 is 11.6 Å². The summed E-state index contributed by atoms with van der Waals surface area (Å²) >= 11 is 6.05. The predicted octanol–water partition coefficient (Wildman–Crippen LogP) is 4.64. The highest BCUT2D eigenvalue weighted by atomic mass is 35.5. The van der Waals surface area contributed by atoms with Crippen LogP contribution in [0.4, 0.5) is 0 Å². The van der Waals surface area contributed by atoms with E-state index in [0.717, 1.165) is 29.7 Å². The number of nitrogens with zero attached hydrogens (tertiary/aromatic N) is 3. The molecule has 0 aliphatic heterocycles. The average Bonchev–Trinajstić information content (AvgIpc) is 2.85. The second-order valence-corrected chi connectivity index (χ2v) is 5.68. The van der Waals surface area contributed by atoms with Crippen LogP contribution in [-0.2, 0) is 5.88 Å². The summed E-state index contributed by atoms with van der Waals surface area (Å²) in [6, 6.07) is 8.27. The highest BCUT2D eigenvalue weighted by Crippen LogP contribution is 2.28. The van der Waals surface area contributed by atoms with Crippen LogP contribution in [0.25, 0.3) is 11.0 Å². The van der Waals surface area contributed by atoms with Gasteiger partial charge in [0, 0.05) is 6.04 Å². The first-order valence-corrected chi connectivity index (χ1v) is 7.61. The van der Waals surface area contributed by atoms with Crippen LogP contribution in [0, 0.1) is 17.2 Å². The minimum Gasteiger partial charge on any atom is -0.324 e. The minimum atomic E-state index is 0.331. The van der Waals surface area contributed by atoms with Crippen molar-refractivity contribution < 1.29 is 0 Å². The molecule has 2 rings (SSSR count). The van der Waals surface area contributed by atoms with E-state index in [9.17, 15) is 5.26 Å². The van der Waals surface area contributed by atoms with E-state index in [1.807, 2.05) is 12.1 Å². The van der Waals surface area contributed by atoms with Gasteiger partial charge in [0.05, 0.1) is 17.0 Å². The highest BCUT2D eigenvalue weighted by molar-refractivity contribution is 6.16. The van der Waals surface area contributed by atoms with Crippen molar-refractivity contribution in [1.82, 2.24) is 9.55 Å². The van der Waals surface area contributed by atoms with E-state index in [1.54, 1.807) is 6.07 Å². The maximum Gasteiger partial charge on any atom is 0.125 e. The zero-order valence-electron chi connectivity index (χ0n) is 12.2. The molecular weight excluding hydrogens is 270 g/mol. The molecule has 1 aromatic carbocycles. The maximum atomic E-state index is 9.20. The van der Waals surface area contributed by atoms with Crippen LogP contribution in [0.3, 0.4) is 0 Å². The van der Waals surface area contributed by atoms with Crippen LogP contribution in [0.15, 0.2) is 18.2 Å². The van der Waals surface area contributed by atoms with E-state index in [0.29, 0.717) is 23.4 Å². The van der Waals surface area contributed by atoms with Crippen molar-refractivity contribution in [3.63, 3.8) is 0 Å². The van der Waals surface area contributed by atoms with Gasteiger partial charge in [-0.2, -0.15) is 5.26 Å². The number of rotatable bonds is 5. The summed E-state index contributed by atoms with van der Waals surface area (Å²) in [4.78, 5) is 4.56. The topological polar surface area (TPSA) is 41.6 Å². The van der Waals surface area contributed by atoms with Gasteiger partial charge in [0.2, 0.25) is 0 Å². The lowest BCUT2D eigenvalue weighted by atomic mass is 10.00. The second-order valence-electron chi connectivity index (χ2n) is 5.41. The SMILES string of the molecule is CCC(C)CC(C)n1c(CCl)nc2c(C#N)cccc21. The molecule has 4 heteroatoms. The molecule has 1 aromatic heterocycles. The number of alkyl halides is 1. The summed E-state index contributed by atoms with van der Waals surface area (Å²) in [6.45, 7) is 6.67. The van der Waals surface area contributed by atoms with Gasteiger partial charge in [-0.25, -0.2) is 4.98 Å². The van der Waals surface area contributed by atoms with Gasteiger partial charge in [0.15, 0.2) is 0 Å². The van der Waals surface area contributed by atoms with Gasteiger partial charge >= 0.3 is 0 Å². The largest absolute Gasteiger partial charge is 0.324 e. The Bertz CT molecular complexity index is 639. The Morgan fingerprint density at radius 1 is 1.40 bits per heavy atom. The standard InChI is InChI=1S/C16H20ClN3/c1-4-11(2)8-12(3)20-14-7-5-6-13(10-18)16(14)19-15(20)9-17/h5-7,11-12H,4,8-9H2,1-3H3. The summed E-state index contributed by atoms with van der Waals surface area (Å²) in [5.74, 6) is 1.87. The normalized spacial score (nSPS) is 14.2. The molecule has 0 radical (unpaired) electrons. The summed E-state index contributed by atoms with van der Waals surface area (Å²) in [5.41, 5.74) is 2.39. The van der Waals surface area contributed by atoms with Gasteiger partial charge in [-0.05, 0) is 31.4 Å². The van der Waals surface area contributed by atoms with Crippen molar-refractivity contribution >= 4 is 22.6 Å². The van der Waals surface area contributed by atoms with E-state index in [2.05, 4.69) is 36.4 Å². The fourth-order valence-corrected chi connectivity index (χ4v) is 2.88. The number of hydrogen-bond donors (Lipinski definition) is 0. The number of nitriles is 1. The first kappa shape index (κ1) is 14.9. The molecule has 0 spiro atoms. The third kappa shape index (κ3) is 2.66. The first-order valence-electron chi connectivity index (χ1n) is 7.08. The number of para-hydroxylation sites is 1. The molecule has 0 bridgehead atoms. The fourth-order valence-electron chi connectivity index (χ4n) is 2.70.